The zero-order valence-electron chi connectivity index (χ0n) is 17.2. The van der Waals surface area contributed by atoms with Crippen molar-refractivity contribution in [3.05, 3.63) is 41.1 Å². The molecule has 0 aromatic carbocycles. The van der Waals surface area contributed by atoms with E-state index in [1.165, 1.54) is 17.5 Å². The summed E-state index contributed by atoms with van der Waals surface area (Å²) in [4.78, 5) is 21.3. The fourth-order valence-electron chi connectivity index (χ4n) is 3.56. The molecule has 3 rings (SSSR count). The Balaban J connectivity index is 1.58. The number of amides is 1. The van der Waals surface area contributed by atoms with E-state index in [0.29, 0.717) is 25.4 Å². The highest BCUT2D eigenvalue weighted by Gasteiger charge is 2.25. The predicted molar refractivity (Wildman–Crippen MR) is 109 cm³/mol. The smallest absolute Gasteiger partial charge is 0.289 e. The summed E-state index contributed by atoms with van der Waals surface area (Å²) in [5.41, 5.74) is 3.55. The van der Waals surface area contributed by atoms with Gasteiger partial charge in [0.2, 0.25) is 0 Å². The van der Waals surface area contributed by atoms with E-state index in [1.807, 2.05) is 23.6 Å². The Kier molecular flexibility index (Phi) is 6.38. The Morgan fingerprint density at radius 2 is 1.96 bits per heavy atom. The molecule has 2 aromatic rings. The van der Waals surface area contributed by atoms with Gasteiger partial charge in [0.1, 0.15) is 0 Å². The Morgan fingerprint density at radius 1 is 1.25 bits per heavy atom. The minimum Gasteiger partial charge on any atom is -0.459 e. The van der Waals surface area contributed by atoms with Crippen LogP contribution in [-0.2, 0) is 13.5 Å². The number of rotatable bonds is 5. The number of hydrogen-bond acceptors (Lipinski definition) is 4. The maximum absolute atomic E-state index is 12.4. The zero-order chi connectivity index (χ0) is 20.1. The molecule has 1 N–H and O–H groups in total. The number of aromatic nitrogens is 2. The van der Waals surface area contributed by atoms with Gasteiger partial charge in [-0.3, -0.25) is 14.5 Å². The van der Waals surface area contributed by atoms with Gasteiger partial charge in [-0.05, 0) is 44.9 Å². The molecular formula is C20H30N6O2. The molecule has 0 atom stereocenters. The summed E-state index contributed by atoms with van der Waals surface area (Å²) in [7, 11) is 1.97. The summed E-state index contributed by atoms with van der Waals surface area (Å²) in [6, 6.07) is 3.45. The van der Waals surface area contributed by atoms with Crippen LogP contribution in [0.15, 0.2) is 27.8 Å². The molecule has 3 heterocycles. The third-order valence-corrected chi connectivity index (χ3v) is 5.22. The minimum atomic E-state index is -0.0471. The van der Waals surface area contributed by atoms with Gasteiger partial charge in [0.05, 0.1) is 12.0 Å². The highest BCUT2D eigenvalue weighted by molar-refractivity contribution is 5.91. The number of piperazine rings is 1. The molecule has 2 aromatic heterocycles. The molecule has 8 nitrogen and oxygen atoms in total. The molecule has 0 saturated carbocycles. The number of furan rings is 1. The topological polar surface area (TPSA) is 78.9 Å². The van der Waals surface area contributed by atoms with Crippen molar-refractivity contribution in [1.29, 1.82) is 0 Å². The van der Waals surface area contributed by atoms with E-state index in [0.717, 1.165) is 37.7 Å². The average molecular weight is 387 g/mol. The van der Waals surface area contributed by atoms with Crippen LogP contribution in [0, 0.1) is 13.8 Å². The van der Waals surface area contributed by atoms with Crippen molar-refractivity contribution in [2.45, 2.75) is 27.2 Å². The molecule has 28 heavy (non-hydrogen) atoms. The van der Waals surface area contributed by atoms with Gasteiger partial charge in [0.15, 0.2) is 11.7 Å². The van der Waals surface area contributed by atoms with Crippen LogP contribution in [0.25, 0.3) is 0 Å². The fourth-order valence-corrected chi connectivity index (χ4v) is 3.56. The molecule has 0 spiro atoms. The maximum atomic E-state index is 12.4. The van der Waals surface area contributed by atoms with Gasteiger partial charge in [-0.25, -0.2) is 0 Å². The standard InChI is InChI=1S/C20H30N6O2/c1-5-21-20(22-9-8-17-15(2)23-24(4)16(17)3)26-12-10-25(11-13-26)19(27)18-7-6-14-28-18/h6-7,14H,5,8-13H2,1-4H3,(H,21,22). The third-order valence-electron chi connectivity index (χ3n) is 5.22. The molecule has 8 heteroatoms. The number of guanidine groups is 1. The molecule has 0 bridgehead atoms. The Labute approximate surface area is 166 Å². The molecule has 1 fully saturated rings. The van der Waals surface area contributed by atoms with Crippen molar-refractivity contribution in [2.75, 3.05) is 39.3 Å². The van der Waals surface area contributed by atoms with Gasteiger partial charge in [-0.15, -0.1) is 0 Å². The van der Waals surface area contributed by atoms with E-state index in [1.54, 1.807) is 12.1 Å². The van der Waals surface area contributed by atoms with Crippen LogP contribution in [-0.4, -0.2) is 70.7 Å². The van der Waals surface area contributed by atoms with E-state index in [-0.39, 0.29) is 5.91 Å². The first kappa shape index (κ1) is 20.0. The lowest BCUT2D eigenvalue weighted by atomic mass is 10.1. The molecule has 1 saturated heterocycles. The first-order valence-electron chi connectivity index (χ1n) is 9.86. The van der Waals surface area contributed by atoms with Crippen molar-refractivity contribution in [1.82, 2.24) is 24.9 Å². The second kappa shape index (κ2) is 8.95. The molecule has 152 valence electrons. The monoisotopic (exact) mass is 386 g/mol. The molecule has 0 aliphatic carbocycles. The minimum absolute atomic E-state index is 0.0471. The predicted octanol–water partition coefficient (Wildman–Crippen LogP) is 1.60. The summed E-state index contributed by atoms with van der Waals surface area (Å²) >= 11 is 0. The average Bonchev–Trinajstić information content (AvgIpc) is 3.31. The molecule has 0 radical (unpaired) electrons. The Morgan fingerprint density at radius 3 is 2.54 bits per heavy atom. The number of aliphatic imine (C=N–C) groups is 1. The van der Waals surface area contributed by atoms with Gasteiger partial charge < -0.3 is 19.5 Å². The quantitative estimate of drug-likeness (QED) is 0.624. The van der Waals surface area contributed by atoms with Crippen molar-refractivity contribution in [2.24, 2.45) is 12.0 Å². The van der Waals surface area contributed by atoms with Crippen LogP contribution in [0.2, 0.25) is 0 Å². The van der Waals surface area contributed by atoms with Crippen molar-refractivity contribution >= 4 is 11.9 Å². The maximum Gasteiger partial charge on any atom is 0.289 e. The first-order chi connectivity index (χ1) is 13.5. The van der Waals surface area contributed by atoms with Gasteiger partial charge in [-0.2, -0.15) is 5.10 Å². The molecule has 0 unspecified atom stereocenters. The number of carbonyl (C=O) groups excluding carboxylic acids is 1. The zero-order valence-corrected chi connectivity index (χ0v) is 17.2. The Hall–Kier alpha value is -2.77. The second-order valence-electron chi connectivity index (χ2n) is 7.02. The van der Waals surface area contributed by atoms with Crippen LogP contribution in [0.1, 0.15) is 34.4 Å². The van der Waals surface area contributed by atoms with E-state index in [2.05, 4.69) is 29.2 Å². The lowest BCUT2D eigenvalue weighted by Crippen LogP contribution is -2.53. The molecular weight excluding hydrogens is 356 g/mol. The first-order valence-corrected chi connectivity index (χ1v) is 9.86. The lowest BCUT2D eigenvalue weighted by molar-refractivity contribution is 0.0657. The van der Waals surface area contributed by atoms with Gasteiger partial charge in [-0.1, -0.05) is 0 Å². The van der Waals surface area contributed by atoms with Crippen molar-refractivity contribution in [3.63, 3.8) is 0 Å². The van der Waals surface area contributed by atoms with Gasteiger partial charge >= 0.3 is 0 Å². The number of nitrogens with zero attached hydrogens (tertiary/aromatic N) is 5. The van der Waals surface area contributed by atoms with Crippen LogP contribution < -0.4 is 5.32 Å². The van der Waals surface area contributed by atoms with E-state index in [9.17, 15) is 4.79 Å². The summed E-state index contributed by atoms with van der Waals surface area (Å²) in [5, 5.41) is 7.86. The van der Waals surface area contributed by atoms with Gasteiger partial charge in [0.25, 0.3) is 5.91 Å². The summed E-state index contributed by atoms with van der Waals surface area (Å²) < 4.78 is 7.16. The Bertz CT molecular complexity index is 816. The molecule has 1 aliphatic rings. The summed E-state index contributed by atoms with van der Waals surface area (Å²) in [6.45, 7) is 10.6. The van der Waals surface area contributed by atoms with Crippen molar-refractivity contribution in [3.8, 4) is 0 Å². The van der Waals surface area contributed by atoms with Crippen LogP contribution in [0.3, 0.4) is 0 Å². The van der Waals surface area contributed by atoms with E-state index >= 15 is 0 Å². The summed E-state index contributed by atoms with van der Waals surface area (Å²) in [6.07, 6.45) is 2.41. The SMILES string of the molecule is CCNC(=NCCc1c(C)nn(C)c1C)N1CCN(C(=O)c2ccco2)CC1. The number of aryl methyl sites for hydroxylation is 2. The number of nitrogens with one attached hydrogen (secondary N) is 1. The number of hydrogen-bond donors (Lipinski definition) is 1. The highest BCUT2D eigenvalue weighted by atomic mass is 16.3. The van der Waals surface area contributed by atoms with Crippen LogP contribution >= 0.6 is 0 Å². The van der Waals surface area contributed by atoms with E-state index < -0.39 is 0 Å². The van der Waals surface area contributed by atoms with Crippen molar-refractivity contribution < 1.29 is 9.21 Å². The lowest BCUT2D eigenvalue weighted by Gasteiger charge is -2.36. The van der Waals surface area contributed by atoms with Crippen LogP contribution in [0.4, 0.5) is 0 Å². The molecule has 1 amide bonds. The van der Waals surface area contributed by atoms with Crippen LogP contribution in [0.5, 0.6) is 0 Å². The fraction of sp³-hybridized carbons (Fsp3) is 0.550. The largest absolute Gasteiger partial charge is 0.459 e. The third kappa shape index (κ3) is 4.37. The second-order valence-corrected chi connectivity index (χ2v) is 7.02. The molecule has 1 aliphatic heterocycles. The van der Waals surface area contributed by atoms with Gasteiger partial charge in [0, 0.05) is 52.0 Å². The number of carbonyl (C=O) groups is 1. The highest BCUT2D eigenvalue weighted by Crippen LogP contribution is 2.13. The normalized spacial score (nSPS) is 15.2. The summed E-state index contributed by atoms with van der Waals surface area (Å²) in [5.74, 6) is 1.26. The van der Waals surface area contributed by atoms with E-state index in [4.69, 9.17) is 9.41 Å².